The summed E-state index contributed by atoms with van der Waals surface area (Å²) in [6.45, 7) is 5.39. The number of anilines is 6. The fourth-order valence-electron chi connectivity index (χ4n) is 8.58. The van der Waals surface area contributed by atoms with E-state index in [2.05, 4.69) is 35.1 Å². The number of aromatic nitrogens is 4. The Balaban J connectivity index is 0.000000184. The number of carbonyl (C=O) groups is 4. The van der Waals surface area contributed by atoms with Crippen LogP contribution in [0.3, 0.4) is 0 Å². The molecule has 0 radical (unpaired) electrons. The van der Waals surface area contributed by atoms with E-state index in [-0.39, 0.29) is 40.9 Å². The molecule has 2 atom stereocenters. The number of ether oxygens (including phenoxy) is 3. The molecule has 3 N–H and O–H groups in total. The van der Waals surface area contributed by atoms with Gasteiger partial charge in [-0.05, 0) is 89.6 Å². The van der Waals surface area contributed by atoms with E-state index in [0.717, 1.165) is 25.4 Å². The summed E-state index contributed by atoms with van der Waals surface area (Å²) in [5.74, 6) is 1.55. The molecule has 4 aliphatic rings. The average Bonchev–Trinajstić information content (AvgIpc) is 4.11. The zero-order valence-corrected chi connectivity index (χ0v) is 42.9. The van der Waals surface area contributed by atoms with Crippen molar-refractivity contribution in [2.24, 2.45) is 0 Å². The molecular weight excluding hydrogens is 1020 g/mol. The molecule has 1 aromatic carbocycles. The Kier molecular flexibility index (Phi) is 18.7. The van der Waals surface area contributed by atoms with Gasteiger partial charge in [-0.2, -0.15) is 26.3 Å². The van der Waals surface area contributed by atoms with Gasteiger partial charge in [-0.15, -0.1) is 0 Å². The highest BCUT2D eigenvalue weighted by atomic mass is 19.4. The van der Waals surface area contributed by atoms with Crippen LogP contribution in [0.2, 0.25) is 0 Å². The molecule has 4 bridgehead atoms. The van der Waals surface area contributed by atoms with E-state index in [0.29, 0.717) is 74.4 Å². The Morgan fingerprint density at radius 3 is 1.65 bits per heavy atom. The van der Waals surface area contributed by atoms with E-state index < -0.39 is 61.7 Å². The van der Waals surface area contributed by atoms with Crippen molar-refractivity contribution in [1.29, 1.82) is 0 Å². The van der Waals surface area contributed by atoms with Gasteiger partial charge in [-0.3, -0.25) is 24.7 Å². The third-order valence-electron chi connectivity index (χ3n) is 12.4. The first kappa shape index (κ1) is 56.9. The van der Waals surface area contributed by atoms with Gasteiger partial charge in [0.1, 0.15) is 53.5 Å². The van der Waals surface area contributed by atoms with Gasteiger partial charge >= 0.3 is 24.5 Å². The van der Waals surface area contributed by atoms with E-state index in [1.165, 1.54) is 28.1 Å². The van der Waals surface area contributed by atoms with Crippen LogP contribution in [0, 0.1) is 0 Å². The van der Waals surface area contributed by atoms with E-state index in [1.807, 2.05) is 38.0 Å². The van der Waals surface area contributed by atoms with Gasteiger partial charge in [-0.25, -0.2) is 29.5 Å². The lowest BCUT2D eigenvalue weighted by atomic mass is 10.1. The van der Waals surface area contributed by atoms with Crippen LogP contribution in [-0.4, -0.2) is 159 Å². The number of para-hydroxylation sites is 1. The number of pyridine rings is 4. The largest absolute Gasteiger partial charge is 0.492 e. The maximum atomic E-state index is 13.3. The zero-order chi connectivity index (χ0) is 55.4. The fourth-order valence-corrected chi connectivity index (χ4v) is 8.58. The molecular formula is C52H60F6N12O7. The number of carbonyl (C=O) groups excluding carboxylic acids is 4. The molecule has 9 rings (SSSR count). The van der Waals surface area contributed by atoms with Crippen LogP contribution in [0.1, 0.15) is 59.5 Å². The van der Waals surface area contributed by atoms with Gasteiger partial charge < -0.3 is 39.5 Å². The van der Waals surface area contributed by atoms with Crippen LogP contribution in [0.4, 0.5) is 70.6 Å². The number of halogens is 6. The first-order valence-corrected chi connectivity index (χ1v) is 24.7. The highest BCUT2D eigenvalue weighted by Gasteiger charge is 2.43. The molecule has 19 nitrogen and oxygen atoms in total. The number of nitrogens with two attached hydrogens (primary N) is 1. The number of Topliss-reactive ketones (excluding diaryl/α,β-unsaturated/α-hetero) is 2. The molecule has 2 saturated heterocycles. The Morgan fingerprint density at radius 2 is 1.14 bits per heavy atom. The van der Waals surface area contributed by atoms with Crippen LogP contribution >= 0.6 is 0 Å². The lowest BCUT2D eigenvalue weighted by Gasteiger charge is -2.35. The molecule has 4 aliphatic heterocycles. The standard InChI is InChI=1S/C23H27F3N6O3.C20H18F3N3O3.C9H15N3O/c1-30(2)11-12-35-16-6-9-27-20(13-16)29-22(34)32-15-7-10-31(14-15)18-4-3-17(28-21(18)32)19(33)5-8-23(24,25)26;21-20(22,23)10-8-17(27)15-6-7-16-18(24-15)26(13-9-11-25(16)12-13)19(28)29-14-4-2-1-3-5-14;1-12(2)5-6-13-8-3-4-11-9(10)7-8/h3-4,6,9,13,15H,5,7-8,10-12,14H2,1-2H3,(H,27,29,34);1-7,13H,8-12H2;3-4,7H,5-6H2,1-2H3,(H2,10,11)/t15-;13-;/m00./s1. The van der Waals surface area contributed by atoms with Crippen LogP contribution in [-0.2, 0) is 0 Å². The number of alkyl halides is 6. The van der Waals surface area contributed by atoms with Crippen molar-refractivity contribution in [3.63, 3.8) is 0 Å². The van der Waals surface area contributed by atoms with E-state index in [1.54, 1.807) is 72.9 Å². The number of benzene rings is 1. The maximum Gasteiger partial charge on any atom is 0.421 e. The molecule has 2 fully saturated rings. The van der Waals surface area contributed by atoms with Gasteiger partial charge in [0, 0.05) is 76.6 Å². The summed E-state index contributed by atoms with van der Waals surface area (Å²) in [4.78, 5) is 78.4. The Bertz CT molecular complexity index is 2840. The Morgan fingerprint density at radius 1 is 0.649 bits per heavy atom. The minimum atomic E-state index is -4.43. The van der Waals surface area contributed by atoms with E-state index >= 15 is 0 Å². The maximum absolute atomic E-state index is 13.3. The molecule has 0 spiro atoms. The van der Waals surface area contributed by atoms with Gasteiger partial charge in [0.2, 0.25) is 0 Å². The highest BCUT2D eigenvalue weighted by molar-refractivity contribution is 6.05. The van der Waals surface area contributed by atoms with E-state index in [4.69, 9.17) is 19.9 Å². The van der Waals surface area contributed by atoms with Gasteiger partial charge in [0.25, 0.3) is 0 Å². The van der Waals surface area contributed by atoms with Crippen molar-refractivity contribution in [3.05, 3.63) is 103 Å². The fraction of sp³-hybridized carbons (Fsp3) is 0.423. The third kappa shape index (κ3) is 16.1. The van der Waals surface area contributed by atoms with Crippen molar-refractivity contribution in [3.8, 4) is 17.2 Å². The number of nitrogens with zero attached hydrogens (tertiary/aromatic N) is 10. The molecule has 412 valence electrons. The number of rotatable bonds is 16. The minimum Gasteiger partial charge on any atom is -0.492 e. The second-order valence-corrected chi connectivity index (χ2v) is 18.9. The number of fused-ring (bicyclic) bond motifs is 8. The number of urea groups is 1. The number of amides is 3. The summed E-state index contributed by atoms with van der Waals surface area (Å²) in [5.41, 5.74) is 6.63. The second kappa shape index (κ2) is 25.4. The molecule has 77 heavy (non-hydrogen) atoms. The first-order valence-electron chi connectivity index (χ1n) is 24.7. The predicted molar refractivity (Wildman–Crippen MR) is 276 cm³/mol. The number of likely N-dealkylation sites (N-methyl/N-ethyl adjacent to an activating group) is 2. The topological polar surface area (TPSA) is 205 Å². The average molecular weight is 1080 g/mol. The van der Waals surface area contributed by atoms with Gasteiger partial charge in [0.15, 0.2) is 23.2 Å². The summed E-state index contributed by atoms with van der Waals surface area (Å²) >= 11 is 0. The van der Waals surface area contributed by atoms with Crippen LogP contribution in [0.5, 0.6) is 17.2 Å². The smallest absolute Gasteiger partial charge is 0.421 e. The highest BCUT2D eigenvalue weighted by Crippen LogP contribution is 2.41. The number of hydrogen-bond acceptors (Lipinski definition) is 16. The summed E-state index contributed by atoms with van der Waals surface area (Å²) < 4.78 is 91.6. The van der Waals surface area contributed by atoms with Gasteiger partial charge in [-0.1, -0.05) is 18.2 Å². The number of nitrogens with one attached hydrogen (secondary N) is 1. The molecule has 5 aromatic rings. The van der Waals surface area contributed by atoms with E-state index in [9.17, 15) is 45.5 Å². The Labute approximate surface area is 440 Å². The molecule has 8 heterocycles. The lowest BCUT2D eigenvalue weighted by Crippen LogP contribution is -2.48. The van der Waals surface area contributed by atoms with Crippen molar-refractivity contribution >= 4 is 58.3 Å². The molecule has 3 amide bonds. The molecule has 4 aromatic heterocycles. The quantitative estimate of drug-likeness (QED) is 0.0703. The van der Waals surface area contributed by atoms with Crippen LogP contribution in [0.25, 0.3) is 0 Å². The summed E-state index contributed by atoms with van der Waals surface area (Å²) in [6.07, 6.45) is -8.72. The summed E-state index contributed by atoms with van der Waals surface area (Å²) in [5, 5.41) is 2.76. The SMILES string of the molecule is CN(C)CCOc1ccnc(N)c1.CN(C)CCOc1ccnc(NC(=O)N2c3nc(C(=O)CCC(F)(F)F)ccc3N3CC[C@H]2C3)c1.O=C(CCC(F)(F)F)c1ccc2c(n1)N(C(=O)Oc1ccccc1)[C@H]1CCN2C1. The summed E-state index contributed by atoms with van der Waals surface area (Å²) in [7, 11) is 7.88. The Hall–Kier alpha value is -7.80. The monoisotopic (exact) mass is 1080 g/mol. The van der Waals surface area contributed by atoms with Crippen molar-refractivity contribution in [2.75, 3.05) is 111 Å². The van der Waals surface area contributed by atoms with Gasteiger partial charge in [0.05, 0.1) is 36.3 Å². The van der Waals surface area contributed by atoms with Crippen molar-refractivity contribution in [2.45, 2.75) is 63.0 Å². The molecule has 0 aliphatic carbocycles. The molecule has 0 saturated carbocycles. The molecule has 0 unspecified atom stereocenters. The number of hydrogen-bond donors (Lipinski definition) is 2. The van der Waals surface area contributed by atoms with Crippen LogP contribution < -0.4 is 44.9 Å². The first-order chi connectivity index (χ1) is 36.6. The van der Waals surface area contributed by atoms with Crippen molar-refractivity contribution < 1.29 is 59.7 Å². The van der Waals surface area contributed by atoms with Crippen molar-refractivity contribution in [1.82, 2.24) is 29.7 Å². The lowest BCUT2D eigenvalue weighted by molar-refractivity contribution is -0.134. The second-order valence-electron chi connectivity index (χ2n) is 18.9. The molecule has 25 heteroatoms. The minimum absolute atomic E-state index is 0.0898. The van der Waals surface area contributed by atoms with Crippen LogP contribution in [0.15, 0.2) is 91.3 Å². The zero-order valence-electron chi connectivity index (χ0n) is 42.9. The number of ketones is 2. The normalized spacial score (nSPS) is 16.2. The predicted octanol–water partition coefficient (Wildman–Crippen LogP) is 8.38. The number of nitrogen functional groups attached to an aromatic ring is 1. The summed E-state index contributed by atoms with van der Waals surface area (Å²) in [6, 6.07) is 20.6. The third-order valence-corrected chi connectivity index (χ3v) is 12.4.